The molecule has 3 rings (SSSR count). The van der Waals surface area contributed by atoms with Crippen molar-refractivity contribution in [2.75, 3.05) is 13.2 Å². The van der Waals surface area contributed by atoms with E-state index in [0.717, 1.165) is 24.2 Å². The highest BCUT2D eigenvalue weighted by Crippen LogP contribution is 2.24. The molecule has 20 heavy (non-hydrogen) atoms. The van der Waals surface area contributed by atoms with Gasteiger partial charge in [-0.3, -0.25) is 0 Å². The van der Waals surface area contributed by atoms with Gasteiger partial charge in [0.05, 0.1) is 24.8 Å². The van der Waals surface area contributed by atoms with Crippen LogP contribution in [-0.4, -0.2) is 24.3 Å². The number of benzene rings is 1. The Kier molecular flexibility index (Phi) is 3.62. The second-order valence-electron chi connectivity index (χ2n) is 4.65. The third-order valence-electron chi connectivity index (χ3n) is 3.27. The Bertz CT molecular complexity index is 626. The van der Waals surface area contributed by atoms with Crippen LogP contribution >= 0.6 is 0 Å². The normalized spacial score (nSPS) is 17.6. The number of nitrogens with zero attached hydrogens (tertiary/aromatic N) is 2. The van der Waals surface area contributed by atoms with E-state index in [-0.39, 0.29) is 6.10 Å². The fourth-order valence-corrected chi connectivity index (χ4v) is 2.22. The summed E-state index contributed by atoms with van der Waals surface area (Å²) in [6.07, 6.45) is 2.74. The summed E-state index contributed by atoms with van der Waals surface area (Å²) in [5, 5.41) is 9.12. The highest BCUT2D eigenvalue weighted by Gasteiger charge is 2.17. The molecule has 0 radical (unpaired) electrons. The van der Waals surface area contributed by atoms with Crippen LogP contribution in [0.25, 0.3) is 11.1 Å². The molecule has 1 aliphatic heterocycles. The van der Waals surface area contributed by atoms with Crippen LogP contribution in [0.3, 0.4) is 0 Å². The van der Waals surface area contributed by atoms with E-state index < -0.39 is 0 Å². The van der Waals surface area contributed by atoms with E-state index in [4.69, 9.17) is 14.7 Å². The Morgan fingerprint density at radius 1 is 1.25 bits per heavy atom. The van der Waals surface area contributed by atoms with Crippen LogP contribution in [0.2, 0.25) is 0 Å². The van der Waals surface area contributed by atoms with Gasteiger partial charge in [-0.1, -0.05) is 18.2 Å². The average molecular weight is 266 g/mol. The number of nitriles is 1. The fraction of sp³-hybridized carbons (Fsp3) is 0.250. The molecule has 0 aliphatic carbocycles. The molecule has 0 spiro atoms. The maximum absolute atomic E-state index is 9.12. The minimum absolute atomic E-state index is 0.0970. The first-order valence-corrected chi connectivity index (χ1v) is 6.57. The third-order valence-corrected chi connectivity index (χ3v) is 3.27. The minimum Gasteiger partial charge on any atom is -0.472 e. The van der Waals surface area contributed by atoms with Crippen molar-refractivity contribution in [3.63, 3.8) is 0 Å². The lowest BCUT2D eigenvalue weighted by Crippen LogP contribution is -2.16. The SMILES string of the molecule is N#Cc1ccccc1-c1ccc(OC2CCOC2)nc1. The molecule has 1 fully saturated rings. The third kappa shape index (κ3) is 2.63. The quantitative estimate of drug-likeness (QED) is 0.857. The van der Waals surface area contributed by atoms with Crippen molar-refractivity contribution in [3.8, 4) is 23.1 Å². The monoisotopic (exact) mass is 266 g/mol. The second kappa shape index (κ2) is 5.72. The molecule has 4 nitrogen and oxygen atoms in total. The van der Waals surface area contributed by atoms with Crippen molar-refractivity contribution in [2.24, 2.45) is 0 Å². The van der Waals surface area contributed by atoms with Gasteiger partial charge >= 0.3 is 0 Å². The molecule has 1 aromatic carbocycles. The standard InChI is InChI=1S/C16H14N2O2/c17-9-12-3-1-2-4-15(12)13-5-6-16(18-10-13)20-14-7-8-19-11-14/h1-6,10,14H,7-8,11H2. The first-order valence-electron chi connectivity index (χ1n) is 6.57. The van der Waals surface area contributed by atoms with Crippen molar-refractivity contribution in [2.45, 2.75) is 12.5 Å². The fourth-order valence-electron chi connectivity index (χ4n) is 2.22. The zero-order valence-electron chi connectivity index (χ0n) is 11.0. The zero-order valence-corrected chi connectivity index (χ0v) is 11.0. The molecule has 0 N–H and O–H groups in total. The van der Waals surface area contributed by atoms with E-state index in [9.17, 15) is 0 Å². The molecule has 1 aliphatic rings. The highest BCUT2D eigenvalue weighted by atomic mass is 16.5. The first kappa shape index (κ1) is 12.6. The number of hydrogen-bond donors (Lipinski definition) is 0. The van der Waals surface area contributed by atoms with E-state index in [1.54, 1.807) is 12.3 Å². The molecule has 2 aromatic rings. The maximum atomic E-state index is 9.12. The Morgan fingerprint density at radius 2 is 2.15 bits per heavy atom. The molecule has 4 heteroatoms. The van der Waals surface area contributed by atoms with Crippen LogP contribution in [0.4, 0.5) is 0 Å². The van der Waals surface area contributed by atoms with E-state index in [1.165, 1.54) is 0 Å². The van der Waals surface area contributed by atoms with E-state index in [1.807, 2.05) is 30.3 Å². The van der Waals surface area contributed by atoms with Gasteiger partial charge in [-0.15, -0.1) is 0 Å². The Hall–Kier alpha value is -2.38. The van der Waals surface area contributed by atoms with Crippen LogP contribution in [0, 0.1) is 11.3 Å². The van der Waals surface area contributed by atoms with Gasteiger partial charge in [0.15, 0.2) is 0 Å². The lowest BCUT2D eigenvalue weighted by atomic mass is 10.0. The van der Waals surface area contributed by atoms with Crippen molar-refractivity contribution >= 4 is 0 Å². The van der Waals surface area contributed by atoms with Crippen molar-refractivity contribution in [1.82, 2.24) is 4.98 Å². The first-order chi connectivity index (χ1) is 9.86. The van der Waals surface area contributed by atoms with Crippen LogP contribution in [0.5, 0.6) is 5.88 Å². The molecular weight excluding hydrogens is 252 g/mol. The number of aromatic nitrogens is 1. The molecule has 2 heterocycles. The number of hydrogen-bond acceptors (Lipinski definition) is 4. The number of ether oxygens (including phenoxy) is 2. The van der Waals surface area contributed by atoms with Crippen LogP contribution in [-0.2, 0) is 4.74 Å². The van der Waals surface area contributed by atoms with Crippen molar-refractivity contribution in [1.29, 1.82) is 5.26 Å². The summed E-state index contributed by atoms with van der Waals surface area (Å²) in [5.74, 6) is 0.596. The van der Waals surface area contributed by atoms with Gasteiger partial charge in [-0.05, 0) is 12.1 Å². The van der Waals surface area contributed by atoms with Gasteiger partial charge in [0, 0.05) is 29.8 Å². The lowest BCUT2D eigenvalue weighted by Gasteiger charge is -2.11. The summed E-state index contributed by atoms with van der Waals surface area (Å²) < 4.78 is 11.0. The lowest BCUT2D eigenvalue weighted by molar-refractivity contribution is 0.138. The molecule has 0 saturated carbocycles. The molecule has 0 bridgehead atoms. The van der Waals surface area contributed by atoms with E-state index >= 15 is 0 Å². The molecule has 1 unspecified atom stereocenters. The minimum atomic E-state index is 0.0970. The van der Waals surface area contributed by atoms with E-state index in [2.05, 4.69) is 11.1 Å². The smallest absolute Gasteiger partial charge is 0.213 e. The zero-order chi connectivity index (χ0) is 13.8. The van der Waals surface area contributed by atoms with Gasteiger partial charge in [0.2, 0.25) is 5.88 Å². The largest absolute Gasteiger partial charge is 0.472 e. The summed E-state index contributed by atoms with van der Waals surface area (Å²) in [7, 11) is 0. The molecule has 1 atom stereocenters. The van der Waals surface area contributed by atoms with Gasteiger partial charge in [0.25, 0.3) is 0 Å². The van der Waals surface area contributed by atoms with Crippen LogP contribution in [0.15, 0.2) is 42.6 Å². The number of rotatable bonds is 3. The number of pyridine rings is 1. The molecule has 0 amide bonds. The summed E-state index contributed by atoms with van der Waals surface area (Å²) in [4.78, 5) is 4.31. The van der Waals surface area contributed by atoms with Crippen molar-refractivity contribution < 1.29 is 9.47 Å². The summed E-state index contributed by atoms with van der Waals surface area (Å²) in [5.41, 5.74) is 2.45. The highest BCUT2D eigenvalue weighted by molar-refractivity contribution is 5.69. The van der Waals surface area contributed by atoms with Gasteiger partial charge in [-0.25, -0.2) is 4.98 Å². The maximum Gasteiger partial charge on any atom is 0.213 e. The van der Waals surface area contributed by atoms with Gasteiger partial charge < -0.3 is 9.47 Å². The van der Waals surface area contributed by atoms with Crippen LogP contribution in [0.1, 0.15) is 12.0 Å². The second-order valence-corrected chi connectivity index (χ2v) is 4.65. The summed E-state index contributed by atoms with van der Waals surface area (Å²) in [6, 6.07) is 13.4. The Morgan fingerprint density at radius 3 is 2.85 bits per heavy atom. The molecule has 100 valence electrons. The van der Waals surface area contributed by atoms with Crippen LogP contribution < -0.4 is 4.74 Å². The molecular formula is C16H14N2O2. The Labute approximate surface area is 117 Å². The van der Waals surface area contributed by atoms with Gasteiger partial charge in [0.1, 0.15) is 6.10 Å². The average Bonchev–Trinajstić information content (AvgIpc) is 3.01. The predicted molar refractivity (Wildman–Crippen MR) is 74.2 cm³/mol. The van der Waals surface area contributed by atoms with E-state index in [0.29, 0.717) is 18.1 Å². The summed E-state index contributed by atoms with van der Waals surface area (Å²) >= 11 is 0. The van der Waals surface area contributed by atoms with Gasteiger partial charge in [-0.2, -0.15) is 5.26 Å². The Balaban J connectivity index is 1.80. The molecule has 1 aromatic heterocycles. The van der Waals surface area contributed by atoms with Crippen molar-refractivity contribution in [3.05, 3.63) is 48.2 Å². The topological polar surface area (TPSA) is 55.1 Å². The predicted octanol–water partition coefficient (Wildman–Crippen LogP) is 2.79. The summed E-state index contributed by atoms with van der Waals surface area (Å²) in [6.45, 7) is 1.37. The molecule has 1 saturated heterocycles.